The molecule has 0 spiro atoms. The van der Waals surface area contributed by atoms with Gasteiger partial charge in [0.05, 0.1) is 36.6 Å². The van der Waals surface area contributed by atoms with Crippen molar-refractivity contribution in [2.75, 3.05) is 6.61 Å². The molecule has 1 N–H and O–H groups in total. The molecule has 1 atom stereocenters. The molecule has 0 saturated carbocycles. The number of aromatic nitrogens is 2. The van der Waals surface area contributed by atoms with Crippen LogP contribution in [0.5, 0.6) is 0 Å². The standard InChI is InChI=1S/C18H22N2O4/c1-2-9-19-16-7-3-4-8-17(16)20(18(19)22)11-14(21)12-23-13-15-6-5-10-24-15/h3-8,10,14,21H,2,9,11-13H2,1H3. The van der Waals surface area contributed by atoms with E-state index in [9.17, 15) is 9.90 Å². The van der Waals surface area contributed by atoms with Crippen LogP contribution in [-0.2, 0) is 24.4 Å². The topological polar surface area (TPSA) is 69.5 Å². The smallest absolute Gasteiger partial charge is 0.329 e. The van der Waals surface area contributed by atoms with Crippen molar-refractivity contribution in [3.8, 4) is 0 Å². The Morgan fingerprint density at radius 3 is 2.58 bits per heavy atom. The molecule has 3 aromatic rings. The van der Waals surface area contributed by atoms with Gasteiger partial charge in [-0.1, -0.05) is 19.1 Å². The minimum absolute atomic E-state index is 0.0943. The maximum Gasteiger partial charge on any atom is 0.329 e. The molecular weight excluding hydrogens is 308 g/mol. The van der Waals surface area contributed by atoms with Crippen LogP contribution in [0.1, 0.15) is 19.1 Å². The first-order valence-electron chi connectivity index (χ1n) is 8.17. The molecule has 24 heavy (non-hydrogen) atoms. The van der Waals surface area contributed by atoms with Gasteiger partial charge in [-0.25, -0.2) is 4.79 Å². The minimum atomic E-state index is -0.765. The van der Waals surface area contributed by atoms with Crippen molar-refractivity contribution in [3.05, 3.63) is 58.9 Å². The molecule has 0 aliphatic carbocycles. The Bertz CT molecular complexity index is 832. The number of rotatable bonds is 8. The van der Waals surface area contributed by atoms with Gasteiger partial charge in [-0.2, -0.15) is 0 Å². The number of aliphatic hydroxyl groups excluding tert-OH is 1. The normalized spacial score (nSPS) is 12.8. The molecule has 2 heterocycles. The molecule has 2 aromatic heterocycles. The third-order valence-electron chi connectivity index (χ3n) is 3.90. The fourth-order valence-electron chi connectivity index (χ4n) is 2.84. The van der Waals surface area contributed by atoms with E-state index >= 15 is 0 Å². The van der Waals surface area contributed by atoms with Crippen LogP contribution < -0.4 is 5.69 Å². The van der Waals surface area contributed by atoms with Gasteiger partial charge in [-0.3, -0.25) is 9.13 Å². The SMILES string of the molecule is CCCn1c(=O)n(CC(O)COCc2ccco2)c2ccccc21. The van der Waals surface area contributed by atoms with Crippen LogP contribution in [0.15, 0.2) is 51.9 Å². The summed E-state index contributed by atoms with van der Waals surface area (Å²) in [6.45, 7) is 3.35. The first-order valence-corrected chi connectivity index (χ1v) is 8.17. The van der Waals surface area contributed by atoms with Gasteiger partial charge >= 0.3 is 5.69 Å². The van der Waals surface area contributed by atoms with Crippen molar-refractivity contribution in [2.45, 2.75) is 39.1 Å². The number of aryl methyl sites for hydroxylation is 1. The van der Waals surface area contributed by atoms with Crippen LogP contribution in [0.2, 0.25) is 0 Å². The molecule has 0 aliphatic rings. The second-order valence-corrected chi connectivity index (χ2v) is 5.78. The van der Waals surface area contributed by atoms with Gasteiger partial charge in [0.1, 0.15) is 12.4 Å². The third kappa shape index (κ3) is 3.44. The quantitative estimate of drug-likeness (QED) is 0.688. The Labute approximate surface area is 139 Å². The molecule has 1 unspecified atom stereocenters. The van der Waals surface area contributed by atoms with E-state index in [2.05, 4.69) is 0 Å². The molecule has 0 aliphatic heterocycles. The molecule has 0 amide bonds. The second-order valence-electron chi connectivity index (χ2n) is 5.78. The van der Waals surface area contributed by atoms with Crippen LogP contribution in [-0.4, -0.2) is 27.0 Å². The van der Waals surface area contributed by atoms with Crippen molar-refractivity contribution < 1.29 is 14.3 Å². The van der Waals surface area contributed by atoms with E-state index in [1.165, 1.54) is 0 Å². The average molecular weight is 330 g/mol. The number of benzene rings is 1. The summed E-state index contributed by atoms with van der Waals surface area (Å²) in [5.41, 5.74) is 1.64. The van der Waals surface area contributed by atoms with E-state index in [1.54, 1.807) is 21.5 Å². The zero-order chi connectivity index (χ0) is 16.9. The van der Waals surface area contributed by atoms with Gasteiger partial charge in [-0.15, -0.1) is 0 Å². The molecular formula is C18H22N2O4. The van der Waals surface area contributed by atoms with Crippen molar-refractivity contribution in [2.24, 2.45) is 0 Å². The van der Waals surface area contributed by atoms with E-state index in [4.69, 9.17) is 9.15 Å². The summed E-state index contributed by atoms with van der Waals surface area (Å²) in [6.07, 6.45) is 1.69. The van der Waals surface area contributed by atoms with Gasteiger partial charge in [-0.05, 0) is 30.7 Å². The van der Waals surface area contributed by atoms with Crippen LogP contribution in [0.4, 0.5) is 0 Å². The Kier molecular flexibility index (Phi) is 5.17. The lowest BCUT2D eigenvalue weighted by Crippen LogP contribution is -2.30. The fourth-order valence-corrected chi connectivity index (χ4v) is 2.84. The number of furan rings is 1. The molecule has 6 nitrogen and oxygen atoms in total. The Morgan fingerprint density at radius 1 is 1.17 bits per heavy atom. The van der Waals surface area contributed by atoms with Crippen LogP contribution in [0.25, 0.3) is 11.0 Å². The predicted octanol–water partition coefficient (Wildman–Crippen LogP) is 2.38. The lowest BCUT2D eigenvalue weighted by Gasteiger charge is -2.11. The third-order valence-corrected chi connectivity index (χ3v) is 3.90. The van der Waals surface area contributed by atoms with E-state index in [1.807, 2.05) is 37.3 Å². The van der Waals surface area contributed by atoms with E-state index in [-0.39, 0.29) is 18.8 Å². The molecule has 0 fully saturated rings. The molecule has 1 aromatic carbocycles. The number of para-hydroxylation sites is 2. The number of hydrogen-bond donors (Lipinski definition) is 1. The summed E-state index contributed by atoms with van der Waals surface area (Å²) in [5.74, 6) is 0.707. The van der Waals surface area contributed by atoms with Crippen LogP contribution in [0.3, 0.4) is 0 Å². The van der Waals surface area contributed by atoms with E-state index in [0.29, 0.717) is 18.9 Å². The molecule has 3 rings (SSSR count). The maximum absolute atomic E-state index is 12.6. The minimum Gasteiger partial charge on any atom is -0.467 e. The van der Waals surface area contributed by atoms with Gasteiger partial charge in [0.2, 0.25) is 0 Å². The number of nitrogens with zero attached hydrogens (tertiary/aromatic N) is 2. The van der Waals surface area contributed by atoms with Crippen molar-refractivity contribution >= 4 is 11.0 Å². The van der Waals surface area contributed by atoms with Crippen molar-refractivity contribution in [1.82, 2.24) is 9.13 Å². The van der Waals surface area contributed by atoms with Gasteiger partial charge in [0.25, 0.3) is 0 Å². The molecule has 0 radical (unpaired) electrons. The molecule has 128 valence electrons. The first kappa shape index (κ1) is 16.5. The highest BCUT2D eigenvalue weighted by Crippen LogP contribution is 2.14. The summed E-state index contributed by atoms with van der Waals surface area (Å²) < 4.78 is 14.0. The molecule has 0 bridgehead atoms. The number of fused-ring (bicyclic) bond motifs is 1. The molecule has 0 saturated heterocycles. The first-order chi connectivity index (χ1) is 11.7. The zero-order valence-electron chi connectivity index (χ0n) is 13.7. The molecule has 6 heteroatoms. The lowest BCUT2D eigenvalue weighted by molar-refractivity contribution is 0.0147. The average Bonchev–Trinajstić information content (AvgIpc) is 3.18. The fraction of sp³-hybridized carbons (Fsp3) is 0.389. The Hall–Kier alpha value is -2.31. The van der Waals surface area contributed by atoms with Crippen LogP contribution >= 0.6 is 0 Å². The number of aliphatic hydroxyl groups is 1. The predicted molar refractivity (Wildman–Crippen MR) is 90.9 cm³/mol. The summed E-state index contributed by atoms with van der Waals surface area (Å²) in [7, 11) is 0. The van der Waals surface area contributed by atoms with Gasteiger partial charge < -0.3 is 14.3 Å². The van der Waals surface area contributed by atoms with E-state index in [0.717, 1.165) is 17.5 Å². The number of hydrogen-bond acceptors (Lipinski definition) is 4. The van der Waals surface area contributed by atoms with Crippen molar-refractivity contribution in [1.29, 1.82) is 0 Å². The summed E-state index contributed by atoms with van der Waals surface area (Å²) >= 11 is 0. The maximum atomic E-state index is 12.6. The van der Waals surface area contributed by atoms with Crippen LogP contribution in [0, 0.1) is 0 Å². The lowest BCUT2D eigenvalue weighted by atomic mass is 10.3. The highest BCUT2D eigenvalue weighted by molar-refractivity contribution is 5.75. The Morgan fingerprint density at radius 2 is 1.92 bits per heavy atom. The largest absolute Gasteiger partial charge is 0.467 e. The highest BCUT2D eigenvalue weighted by Gasteiger charge is 2.15. The number of ether oxygens (including phenoxy) is 1. The monoisotopic (exact) mass is 330 g/mol. The zero-order valence-corrected chi connectivity index (χ0v) is 13.7. The van der Waals surface area contributed by atoms with E-state index < -0.39 is 6.10 Å². The number of imidazole rings is 1. The van der Waals surface area contributed by atoms with Crippen molar-refractivity contribution in [3.63, 3.8) is 0 Å². The van der Waals surface area contributed by atoms with Gasteiger partial charge in [0, 0.05) is 6.54 Å². The highest BCUT2D eigenvalue weighted by atomic mass is 16.5. The van der Waals surface area contributed by atoms with Gasteiger partial charge in [0.15, 0.2) is 0 Å². The Balaban J connectivity index is 1.72. The second kappa shape index (κ2) is 7.51. The summed E-state index contributed by atoms with van der Waals surface area (Å²) in [4.78, 5) is 12.6. The summed E-state index contributed by atoms with van der Waals surface area (Å²) in [6, 6.07) is 11.3. The summed E-state index contributed by atoms with van der Waals surface area (Å²) in [5, 5.41) is 10.2.